The summed E-state index contributed by atoms with van der Waals surface area (Å²) in [5.74, 6) is 1.53. The molecule has 2 heterocycles. The molecule has 2 atom stereocenters. The molecule has 7 heteroatoms. The summed E-state index contributed by atoms with van der Waals surface area (Å²) >= 11 is 1.66. The Labute approximate surface area is 162 Å². The van der Waals surface area contributed by atoms with Crippen LogP contribution in [0.1, 0.15) is 50.4 Å². The predicted octanol–water partition coefficient (Wildman–Crippen LogP) is 2.98. The van der Waals surface area contributed by atoms with Crippen LogP contribution in [0.15, 0.2) is 10.4 Å². The molecule has 1 N–H and O–H groups in total. The first-order chi connectivity index (χ1) is 12.5. The molecule has 0 saturated carbocycles. The second kappa shape index (κ2) is 10.8. The monoisotopic (exact) mass is 381 g/mol. The summed E-state index contributed by atoms with van der Waals surface area (Å²) in [4.78, 5) is 14.3. The molecule has 1 aliphatic rings. The maximum atomic E-state index is 5.35. The van der Waals surface area contributed by atoms with Crippen molar-refractivity contribution in [1.82, 2.24) is 20.1 Å². The van der Waals surface area contributed by atoms with Crippen molar-refractivity contribution < 1.29 is 4.74 Å². The van der Waals surface area contributed by atoms with E-state index in [1.54, 1.807) is 18.4 Å². The number of nitrogens with zero attached hydrogens (tertiary/aromatic N) is 4. The number of guanidine groups is 1. The summed E-state index contributed by atoms with van der Waals surface area (Å²) in [7, 11) is 3.79. The second-order valence-corrected chi connectivity index (χ2v) is 8.11. The number of hydrogen-bond acceptors (Lipinski definition) is 5. The third-order valence-electron chi connectivity index (χ3n) is 4.69. The van der Waals surface area contributed by atoms with Gasteiger partial charge in [-0.05, 0) is 45.7 Å². The quantitative estimate of drug-likeness (QED) is 0.526. The Kier molecular flexibility index (Phi) is 8.81. The summed E-state index contributed by atoms with van der Waals surface area (Å²) < 4.78 is 5.35. The minimum Gasteiger partial charge on any atom is -0.375 e. The molecule has 2 rings (SSSR count). The van der Waals surface area contributed by atoms with E-state index in [-0.39, 0.29) is 6.10 Å². The van der Waals surface area contributed by atoms with E-state index < -0.39 is 0 Å². The highest BCUT2D eigenvalue weighted by molar-refractivity contribution is 7.09. The molecule has 1 saturated heterocycles. The lowest BCUT2D eigenvalue weighted by Crippen LogP contribution is -2.39. The van der Waals surface area contributed by atoms with Gasteiger partial charge >= 0.3 is 0 Å². The van der Waals surface area contributed by atoms with Gasteiger partial charge in [0.1, 0.15) is 11.1 Å². The molecular formula is C19H35N5OS. The summed E-state index contributed by atoms with van der Waals surface area (Å²) in [6.45, 7) is 12.6. The minimum absolute atomic E-state index is 0.0485. The molecular weight excluding hydrogens is 346 g/mol. The van der Waals surface area contributed by atoms with Gasteiger partial charge in [-0.2, -0.15) is 0 Å². The van der Waals surface area contributed by atoms with Gasteiger partial charge in [-0.15, -0.1) is 11.3 Å². The van der Waals surface area contributed by atoms with E-state index in [4.69, 9.17) is 9.73 Å². The fourth-order valence-corrected chi connectivity index (χ4v) is 4.02. The van der Waals surface area contributed by atoms with Crippen molar-refractivity contribution in [3.05, 3.63) is 16.1 Å². The first kappa shape index (κ1) is 21.1. The van der Waals surface area contributed by atoms with Crippen LogP contribution in [-0.4, -0.2) is 67.6 Å². The summed E-state index contributed by atoms with van der Waals surface area (Å²) in [6.07, 6.45) is 2.74. The number of thiazole rings is 1. The van der Waals surface area contributed by atoms with E-state index in [1.807, 2.05) is 6.92 Å². The third-order valence-corrected chi connectivity index (χ3v) is 5.74. The van der Waals surface area contributed by atoms with Gasteiger partial charge in [0, 0.05) is 39.2 Å². The standard InChI is InChI=1S/C19H35N5OS/c1-6-20-19(21-11-15(2)12-24-9-7-8-10-24)23(4)13-17-14-26-18(22-17)16(3)25-5/h14-16H,6-13H2,1-5H3,(H,20,21). The van der Waals surface area contributed by atoms with Crippen LogP contribution >= 0.6 is 11.3 Å². The summed E-state index contributed by atoms with van der Waals surface area (Å²) in [6, 6.07) is 0. The minimum atomic E-state index is 0.0485. The Morgan fingerprint density at radius 1 is 1.42 bits per heavy atom. The average molecular weight is 382 g/mol. The molecule has 0 spiro atoms. The molecule has 0 aromatic carbocycles. The average Bonchev–Trinajstić information content (AvgIpc) is 3.29. The largest absolute Gasteiger partial charge is 0.375 e. The maximum Gasteiger partial charge on any atom is 0.194 e. The Morgan fingerprint density at radius 2 is 2.15 bits per heavy atom. The molecule has 1 aliphatic heterocycles. The van der Waals surface area contributed by atoms with Gasteiger partial charge in [0.25, 0.3) is 0 Å². The zero-order valence-corrected chi connectivity index (χ0v) is 17.8. The van der Waals surface area contributed by atoms with Gasteiger partial charge in [0.15, 0.2) is 5.96 Å². The Balaban J connectivity index is 1.90. The molecule has 0 radical (unpaired) electrons. The molecule has 1 aromatic rings. The lowest BCUT2D eigenvalue weighted by molar-refractivity contribution is 0.119. The number of rotatable bonds is 9. The molecule has 2 unspecified atom stereocenters. The van der Waals surface area contributed by atoms with Crippen LogP contribution < -0.4 is 5.32 Å². The number of nitrogens with one attached hydrogen (secondary N) is 1. The van der Waals surface area contributed by atoms with Crippen LogP contribution in [0.2, 0.25) is 0 Å². The van der Waals surface area contributed by atoms with E-state index in [0.29, 0.717) is 5.92 Å². The first-order valence-electron chi connectivity index (χ1n) is 9.72. The predicted molar refractivity (Wildman–Crippen MR) is 110 cm³/mol. The zero-order chi connectivity index (χ0) is 18.9. The topological polar surface area (TPSA) is 53.0 Å². The van der Waals surface area contributed by atoms with E-state index in [2.05, 4.69) is 46.4 Å². The van der Waals surface area contributed by atoms with Crippen molar-refractivity contribution >= 4 is 17.3 Å². The summed E-state index contributed by atoms with van der Waals surface area (Å²) in [5.41, 5.74) is 1.06. The van der Waals surface area contributed by atoms with Crippen LogP contribution in [-0.2, 0) is 11.3 Å². The van der Waals surface area contributed by atoms with Gasteiger partial charge in [-0.1, -0.05) is 6.92 Å². The van der Waals surface area contributed by atoms with Crippen molar-refractivity contribution in [2.75, 3.05) is 46.9 Å². The van der Waals surface area contributed by atoms with Gasteiger partial charge in [-0.3, -0.25) is 4.99 Å². The van der Waals surface area contributed by atoms with Crippen LogP contribution in [0, 0.1) is 5.92 Å². The highest BCUT2D eigenvalue weighted by atomic mass is 32.1. The Morgan fingerprint density at radius 3 is 2.81 bits per heavy atom. The molecule has 1 aromatic heterocycles. The van der Waals surface area contributed by atoms with E-state index in [1.165, 1.54) is 25.9 Å². The molecule has 6 nitrogen and oxygen atoms in total. The molecule has 26 heavy (non-hydrogen) atoms. The van der Waals surface area contributed by atoms with Crippen molar-refractivity contribution in [2.24, 2.45) is 10.9 Å². The maximum absolute atomic E-state index is 5.35. The SMILES string of the molecule is CCNC(=NCC(C)CN1CCCC1)N(C)Cc1csc(C(C)OC)n1. The lowest BCUT2D eigenvalue weighted by atomic mass is 10.2. The molecule has 0 amide bonds. The second-order valence-electron chi connectivity index (χ2n) is 7.22. The van der Waals surface area contributed by atoms with Crippen LogP contribution in [0.25, 0.3) is 0 Å². The fourth-order valence-electron chi connectivity index (χ4n) is 3.18. The molecule has 0 aliphatic carbocycles. The normalized spacial score (nSPS) is 18.1. The van der Waals surface area contributed by atoms with E-state index >= 15 is 0 Å². The zero-order valence-electron chi connectivity index (χ0n) is 17.0. The molecule has 148 valence electrons. The van der Waals surface area contributed by atoms with E-state index in [9.17, 15) is 0 Å². The highest BCUT2D eigenvalue weighted by Crippen LogP contribution is 2.21. The summed E-state index contributed by atoms with van der Waals surface area (Å²) in [5, 5.41) is 6.54. The van der Waals surface area contributed by atoms with Crippen LogP contribution in [0.5, 0.6) is 0 Å². The van der Waals surface area contributed by atoms with Crippen LogP contribution in [0.3, 0.4) is 0 Å². The van der Waals surface area contributed by atoms with Gasteiger partial charge in [-0.25, -0.2) is 4.98 Å². The first-order valence-corrected chi connectivity index (χ1v) is 10.6. The number of aromatic nitrogens is 1. The van der Waals surface area contributed by atoms with Crippen LogP contribution in [0.4, 0.5) is 0 Å². The van der Waals surface area contributed by atoms with Crippen molar-refractivity contribution in [3.63, 3.8) is 0 Å². The number of hydrogen-bond donors (Lipinski definition) is 1. The van der Waals surface area contributed by atoms with Gasteiger partial charge in [0.05, 0.1) is 12.2 Å². The molecule has 0 bridgehead atoms. The number of ether oxygens (including phenoxy) is 1. The third kappa shape index (κ3) is 6.52. The van der Waals surface area contributed by atoms with E-state index in [0.717, 1.165) is 42.8 Å². The van der Waals surface area contributed by atoms with Crippen molar-refractivity contribution in [1.29, 1.82) is 0 Å². The van der Waals surface area contributed by atoms with Gasteiger partial charge < -0.3 is 19.9 Å². The van der Waals surface area contributed by atoms with Gasteiger partial charge in [0.2, 0.25) is 0 Å². The lowest BCUT2D eigenvalue weighted by Gasteiger charge is -2.23. The van der Waals surface area contributed by atoms with Crippen molar-refractivity contribution in [3.8, 4) is 0 Å². The smallest absolute Gasteiger partial charge is 0.194 e. The number of likely N-dealkylation sites (tertiary alicyclic amines) is 1. The fraction of sp³-hybridized carbons (Fsp3) is 0.789. The molecule has 1 fully saturated rings. The Hall–Kier alpha value is -1.18. The number of methoxy groups -OCH3 is 1. The Bertz CT molecular complexity index is 556. The number of aliphatic imine (C=N–C) groups is 1. The highest BCUT2D eigenvalue weighted by Gasteiger charge is 2.16. The van der Waals surface area contributed by atoms with Crippen molar-refractivity contribution in [2.45, 2.75) is 46.3 Å².